The Labute approximate surface area is 200 Å². The molecule has 2 aromatic rings. The SMILES string of the molecule is CCNC(=NCc1ccc(C(=O)NCC(N)=O)cc1)NCCc1ccc(OC)cc1.I. The highest BCUT2D eigenvalue weighted by molar-refractivity contribution is 14.0. The van der Waals surface area contributed by atoms with Crippen LogP contribution in [0.3, 0.4) is 0 Å². The van der Waals surface area contributed by atoms with Crippen molar-refractivity contribution in [2.75, 3.05) is 26.7 Å². The van der Waals surface area contributed by atoms with Crippen LogP contribution in [0, 0.1) is 0 Å². The molecule has 0 aliphatic rings. The number of nitrogens with zero attached hydrogens (tertiary/aromatic N) is 1. The standard InChI is InChI=1S/C22H29N5O3.HI/c1-3-24-22(25-13-12-16-6-10-19(30-2)11-7-16)27-14-17-4-8-18(9-5-17)21(29)26-15-20(23)28;/h4-11H,3,12-15H2,1-2H3,(H2,23,28)(H,26,29)(H2,24,25,27);1H. The number of methoxy groups -OCH3 is 1. The zero-order valence-electron chi connectivity index (χ0n) is 17.8. The highest BCUT2D eigenvalue weighted by atomic mass is 127. The molecule has 8 nitrogen and oxygen atoms in total. The van der Waals surface area contributed by atoms with E-state index in [0.717, 1.165) is 36.8 Å². The Morgan fingerprint density at radius 2 is 1.61 bits per heavy atom. The second-order valence-corrected chi connectivity index (χ2v) is 6.57. The minimum absolute atomic E-state index is 0. The Morgan fingerprint density at radius 1 is 0.968 bits per heavy atom. The number of hydrogen-bond donors (Lipinski definition) is 4. The number of aliphatic imine (C=N–C) groups is 1. The van der Waals surface area contributed by atoms with Gasteiger partial charge in [-0.1, -0.05) is 24.3 Å². The predicted octanol–water partition coefficient (Wildman–Crippen LogP) is 1.83. The van der Waals surface area contributed by atoms with Crippen molar-refractivity contribution in [2.45, 2.75) is 19.9 Å². The van der Waals surface area contributed by atoms with E-state index in [0.29, 0.717) is 12.1 Å². The predicted molar refractivity (Wildman–Crippen MR) is 133 cm³/mol. The summed E-state index contributed by atoms with van der Waals surface area (Å²) in [6.07, 6.45) is 0.865. The third-order valence-electron chi connectivity index (χ3n) is 4.27. The highest BCUT2D eigenvalue weighted by Crippen LogP contribution is 2.11. The number of halogens is 1. The Kier molecular flexibility index (Phi) is 12.0. The zero-order chi connectivity index (χ0) is 21.8. The molecule has 2 aromatic carbocycles. The molecular weight excluding hydrogens is 509 g/mol. The minimum atomic E-state index is -0.579. The lowest BCUT2D eigenvalue weighted by molar-refractivity contribution is -0.117. The summed E-state index contributed by atoms with van der Waals surface area (Å²) in [5, 5.41) is 9.01. The van der Waals surface area contributed by atoms with Crippen LogP contribution in [-0.2, 0) is 17.8 Å². The van der Waals surface area contributed by atoms with Crippen molar-refractivity contribution in [2.24, 2.45) is 10.7 Å². The van der Waals surface area contributed by atoms with E-state index in [-0.39, 0.29) is 36.4 Å². The average Bonchev–Trinajstić information content (AvgIpc) is 2.76. The Balaban J connectivity index is 0.00000480. The van der Waals surface area contributed by atoms with Crippen LogP contribution in [0.25, 0.3) is 0 Å². The number of carbonyl (C=O) groups excluding carboxylic acids is 2. The maximum atomic E-state index is 11.9. The molecule has 9 heteroatoms. The van der Waals surface area contributed by atoms with Crippen LogP contribution in [-0.4, -0.2) is 44.5 Å². The van der Waals surface area contributed by atoms with Crippen LogP contribution in [0.15, 0.2) is 53.5 Å². The molecule has 0 bridgehead atoms. The average molecular weight is 539 g/mol. The van der Waals surface area contributed by atoms with Crippen molar-refractivity contribution >= 4 is 41.8 Å². The van der Waals surface area contributed by atoms with Gasteiger partial charge in [-0.15, -0.1) is 24.0 Å². The summed E-state index contributed by atoms with van der Waals surface area (Å²) in [7, 11) is 1.65. The van der Waals surface area contributed by atoms with Gasteiger partial charge in [-0.3, -0.25) is 9.59 Å². The van der Waals surface area contributed by atoms with Crippen molar-refractivity contribution in [3.63, 3.8) is 0 Å². The second-order valence-electron chi connectivity index (χ2n) is 6.57. The van der Waals surface area contributed by atoms with Gasteiger partial charge in [0.1, 0.15) is 5.75 Å². The fourth-order valence-electron chi connectivity index (χ4n) is 2.66. The maximum Gasteiger partial charge on any atom is 0.251 e. The molecular formula is C22H30IN5O3. The molecule has 0 spiro atoms. The van der Waals surface area contributed by atoms with E-state index in [4.69, 9.17) is 10.5 Å². The van der Waals surface area contributed by atoms with Crippen LogP contribution in [0.2, 0.25) is 0 Å². The Morgan fingerprint density at radius 3 is 2.19 bits per heavy atom. The molecule has 31 heavy (non-hydrogen) atoms. The van der Waals surface area contributed by atoms with Gasteiger partial charge in [-0.2, -0.15) is 0 Å². The number of amides is 2. The molecule has 0 aliphatic carbocycles. The number of carbonyl (C=O) groups is 2. The summed E-state index contributed by atoms with van der Waals surface area (Å²) in [6, 6.07) is 15.1. The van der Waals surface area contributed by atoms with Crippen LogP contribution in [0.4, 0.5) is 0 Å². The van der Waals surface area contributed by atoms with Gasteiger partial charge in [0.05, 0.1) is 20.2 Å². The van der Waals surface area contributed by atoms with E-state index in [1.165, 1.54) is 5.56 Å². The molecule has 0 aromatic heterocycles. The number of hydrogen-bond acceptors (Lipinski definition) is 4. The maximum absolute atomic E-state index is 11.9. The fourth-order valence-corrected chi connectivity index (χ4v) is 2.66. The van der Waals surface area contributed by atoms with E-state index >= 15 is 0 Å². The normalized spacial score (nSPS) is 10.6. The fraction of sp³-hybridized carbons (Fsp3) is 0.318. The number of guanidine groups is 1. The van der Waals surface area contributed by atoms with Crippen LogP contribution < -0.4 is 26.4 Å². The van der Waals surface area contributed by atoms with Crippen molar-refractivity contribution < 1.29 is 14.3 Å². The molecule has 0 atom stereocenters. The lowest BCUT2D eigenvalue weighted by Crippen LogP contribution is -2.38. The molecule has 0 fully saturated rings. The summed E-state index contributed by atoms with van der Waals surface area (Å²) in [5.41, 5.74) is 7.67. The Hall–Kier alpha value is -2.82. The number of rotatable bonds is 10. The highest BCUT2D eigenvalue weighted by Gasteiger charge is 2.06. The monoisotopic (exact) mass is 539 g/mol. The van der Waals surface area contributed by atoms with Gasteiger partial charge in [0.15, 0.2) is 5.96 Å². The van der Waals surface area contributed by atoms with Gasteiger partial charge in [0.25, 0.3) is 5.91 Å². The molecule has 0 heterocycles. The van der Waals surface area contributed by atoms with Gasteiger partial charge in [-0.25, -0.2) is 4.99 Å². The van der Waals surface area contributed by atoms with Crippen molar-refractivity contribution in [3.8, 4) is 5.75 Å². The molecule has 2 rings (SSSR count). The second kappa shape index (κ2) is 14.2. The van der Waals surface area contributed by atoms with Crippen LogP contribution in [0.1, 0.15) is 28.4 Å². The molecule has 0 aliphatic heterocycles. The quantitative estimate of drug-likeness (QED) is 0.209. The minimum Gasteiger partial charge on any atom is -0.497 e. The first-order chi connectivity index (χ1) is 14.5. The summed E-state index contributed by atoms with van der Waals surface area (Å²) >= 11 is 0. The van der Waals surface area contributed by atoms with Gasteiger partial charge >= 0.3 is 0 Å². The van der Waals surface area contributed by atoms with Crippen molar-refractivity contribution in [1.29, 1.82) is 0 Å². The smallest absolute Gasteiger partial charge is 0.251 e. The number of nitrogens with two attached hydrogens (primary N) is 1. The first-order valence-corrected chi connectivity index (χ1v) is 9.82. The lowest BCUT2D eigenvalue weighted by atomic mass is 10.1. The van der Waals surface area contributed by atoms with E-state index in [1.54, 1.807) is 19.2 Å². The van der Waals surface area contributed by atoms with Gasteiger partial charge in [0, 0.05) is 18.7 Å². The van der Waals surface area contributed by atoms with Gasteiger partial charge in [-0.05, 0) is 48.7 Å². The molecule has 0 radical (unpaired) electrons. The topological polar surface area (TPSA) is 118 Å². The zero-order valence-corrected chi connectivity index (χ0v) is 20.1. The molecule has 0 saturated heterocycles. The molecule has 2 amide bonds. The van der Waals surface area contributed by atoms with E-state index in [9.17, 15) is 9.59 Å². The molecule has 168 valence electrons. The van der Waals surface area contributed by atoms with Crippen molar-refractivity contribution in [3.05, 3.63) is 65.2 Å². The van der Waals surface area contributed by atoms with Gasteiger partial charge in [0.2, 0.25) is 5.91 Å². The summed E-state index contributed by atoms with van der Waals surface area (Å²) in [4.78, 5) is 27.2. The third kappa shape index (κ3) is 9.69. The van der Waals surface area contributed by atoms with E-state index in [2.05, 4.69) is 20.9 Å². The number of nitrogens with one attached hydrogen (secondary N) is 3. The summed E-state index contributed by atoms with van der Waals surface area (Å²) in [5.74, 6) is 0.661. The summed E-state index contributed by atoms with van der Waals surface area (Å²) in [6.45, 7) is 3.81. The number of ether oxygens (including phenoxy) is 1. The largest absolute Gasteiger partial charge is 0.497 e. The third-order valence-corrected chi connectivity index (χ3v) is 4.27. The lowest BCUT2D eigenvalue weighted by Gasteiger charge is -2.11. The van der Waals surface area contributed by atoms with Gasteiger partial charge < -0.3 is 26.4 Å². The number of benzene rings is 2. The van der Waals surface area contributed by atoms with Crippen molar-refractivity contribution in [1.82, 2.24) is 16.0 Å². The summed E-state index contributed by atoms with van der Waals surface area (Å²) < 4.78 is 5.17. The number of primary amides is 1. The first kappa shape index (κ1) is 26.2. The molecule has 0 unspecified atom stereocenters. The molecule has 0 saturated carbocycles. The first-order valence-electron chi connectivity index (χ1n) is 9.82. The van der Waals surface area contributed by atoms with Crippen LogP contribution >= 0.6 is 24.0 Å². The van der Waals surface area contributed by atoms with E-state index in [1.807, 2.05) is 43.3 Å². The van der Waals surface area contributed by atoms with Crippen LogP contribution in [0.5, 0.6) is 5.75 Å². The Bertz CT molecular complexity index is 854. The van der Waals surface area contributed by atoms with E-state index < -0.39 is 5.91 Å². The molecule has 5 N–H and O–H groups in total.